The van der Waals surface area contributed by atoms with E-state index in [1.165, 1.54) is 34.2 Å². The molecular formula is C29H34N8O2S. The van der Waals surface area contributed by atoms with Gasteiger partial charge in [-0.1, -0.05) is 12.1 Å². The van der Waals surface area contributed by atoms with Crippen LogP contribution in [0.2, 0.25) is 0 Å². The van der Waals surface area contributed by atoms with Crippen LogP contribution in [-0.4, -0.2) is 66.1 Å². The lowest BCUT2D eigenvalue weighted by molar-refractivity contribution is 0.303. The summed E-state index contributed by atoms with van der Waals surface area (Å²) in [7, 11) is 1.88. The first-order chi connectivity index (χ1) is 19.1. The Kier molecular flexibility index (Phi) is 6.58. The van der Waals surface area contributed by atoms with Crippen molar-refractivity contribution < 1.29 is 4.21 Å². The zero-order valence-electron chi connectivity index (χ0n) is 23.3. The highest BCUT2D eigenvalue weighted by Gasteiger charge is 2.32. The summed E-state index contributed by atoms with van der Waals surface area (Å²) in [4.78, 5) is 29.5. The van der Waals surface area contributed by atoms with E-state index in [0.717, 1.165) is 18.5 Å². The van der Waals surface area contributed by atoms with Crippen molar-refractivity contribution in [1.82, 2.24) is 29.2 Å². The Labute approximate surface area is 233 Å². The molecule has 3 aromatic heterocycles. The van der Waals surface area contributed by atoms with Gasteiger partial charge in [-0.3, -0.25) is 4.79 Å². The highest BCUT2D eigenvalue weighted by molar-refractivity contribution is 7.92. The number of pyridine rings is 1. The van der Waals surface area contributed by atoms with Gasteiger partial charge in [0.2, 0.25) is 5.95 Å². The fraction of sp³-hybridized carbons (Fsp3) is 0.379. The van der Waals surface area contributed by atoms with Crippen LogP contribution >= 0.6 is 0 Å². The van der Waals surface area contributed by atoms with E-state index in [-0.39, 0.29) is 12.1 Å². The minimum atomic E-state index is -2.41. The average Bonchev–Trinajstić information content (AvgIpc) is 3.58. The molecule has 1 saturated carbocycles. The summed E-state index contributed by atoms with van der Waals surface area (Å²) >= 11 is 0. The smallest absolute Gasteiger partial charge is 0.278 e. The van der Waals surface area contributed by atoms with E-state index < -0.39 is 9.73 Å². The summed E-state index contributed by atoms with van der Waals surface area (Å²) in [6, 6.07) is 10.2. The maximum Gasteiger partial charge on any atom is 0.278 e. The second-order valence-corrected chi connectivity index (χ2v) is 13.7. The summed E-state index contributed by atoms with van der Waals surface area (Å²) in [5, 5.41) is 3.79. The van der Waals surface area contributed by atoms with Crippen molar-refractivity contribution in [3.63, 3.8) is 0 Å². The molecule has 40 heavy (non-hydrogen) atoms. The molecule has 1 N–H and O–H groups in total. The van der Waals surface area contributed by atoms with Crippen molar-refractivity contribution in [1.29, 1.82) is 0 Å². The number of rotatable bonds is 8. The van der Waals surface area contributed by atoms with Gasteiger partial charge in [0.25, 0.3) is 5.56 Å². The standard InChI is InChI=1S/C29H34N8O2S/c1-6-12-36-28(38)24-17-30-29(33-27(24)37(36)26-9-7-8-25(32-26)34-40(4,5)39)31-20-13-19-14-21(35(2)3)16-23(19)22(15-20)18-10-11-18/h6-9,13,15,17-18,21H,1,10-12,14,16H2,2-5H3,(H,30,31,33). The van der Waals surface area contributed by atoms with Crippen molar-refractivity contribution >= 4 is 38.2 Å². The number of fused-ring (bicyclic) bond motifs is 2. The van der Waals surface area contributed by atoms with Crippen molar-refractivity contribution in [3.8, 4) is 5.82 Å². The quantitative estimate of drug-likeness (QED) is 0.323. The predicted octanol–water partition coefficient (Wildman–Crippen LogP) is 4.17. The lowest BCUT2D eigenvalue weighted by Gasteiger charge is -2.18. The number of nitrogens with one attached hydrogen (secondary N) is 1. The molecule has 1 fully saturated rings. The first-order valence-electron chi connectivity index (χ1n) is 13.4. The van der Waals surface area contributed by atoms with E-state index in [0.29, 0.717) is 40.6 Å². The average molecular weight is 559 g/mol. The molecule has 0 aliphatic heterocycles. The van der Waals surface area contributed by atoms with Crippen LogP contribution in [0.3, 0.4) is 0 Å². The Balaban J connectivity index is 1.44. The first-order valence-corrected chi connectivity index (χ1v) is 15.8. The number of likely N-dealkylation sites (N-methyl/N-ethyl adjacent to an activating group) is 1. The molecule has 1 aromatic carbocycles. The summed E-state index contributed by atoms with van der Waals surface area (Å²) in [5.74, 6) is 1.78. The summed E-state index contributed by atoms with van der Waals surface area (Å²) in [6.07, 6.45) is 10.9. The van der Waals surface area contributed by atoms with Gasteiger partial charge in [0.05, 0.1) is 6.54 Å². The van der Waals surface area contributed by atoms with Gasteiger partial charge in [-0.25, -0.2) is 23.5 Å². The fourth-order valence-corrected chi connectivity index (χ4v) is 6.04. The Morgan fingerprint density at radius 2 is 2.00 bits per heavy atom. The van der Waals surface area contributed by atoms with E-state index in [4.69, 9.17) is 4.98 Å². The summed E-state index contributed by atoms with van der Waals surface area (Å²) in [6.45, 7) is 4.06. The SMILES string of the molecule is C=CCn1c(=O)c2cnc(Nc3cc4c(c(C5CC5)c3)CC(N(C)C)C4)nc2n1-c1cccc(N=S(C)(C)=O)n1. The van der Waals surface area contributed by atoms with Gasteiger partial charge in [-0.2, -0.15) is 9.35 Å². The van der Waals surface area contributed by atoms with Gasteiger partial charge in [0.15, 0.2) is 17.3 Å². The van der Waals surface area contributed by atoms with E-state index in [1.54, 1.807) is 47.7 Å². The van der Waals surface area contributed by atoms with Crippen molar-refractivity contribution in [2.45, 2.75) is 44.2 Å². The third-order valence-corrected chi connectivity index (χ3v) is 8.13. The number of aromatic nitrogens is 5. The van der Waals surface area contributed by atoms with Crippen molar-refractivity contribution in [2.24, 2.45) is 4.36 Å². The molecule has 11 heteroatoms. The first kappa shape index (κ1) is 26.4. The minimum absolute atomic E-state index is 0.247. The number of allylic oxidation sites excluding steroid dienone is 1. The molecule has 0 amide bonds. The Hall–Kier alpha value is -3.83. The minimum Gasteiger partial charge on any atom is -0.324 e. The van der Waals surface area contributed by atoms with E-state index >= 15 is 0 Å². The van der Waals surface area contributed by atoms with Gasteiger partial charge >= 0.3 is 0 Å². The molecule has 2 aliphatic carbocycles. The zero-order chi connectivity index (χ0) is 28.2. The molecule has 0 spiro atoms. The number of hydrogen-bond acceptors (Lipinski definition) is 8. The number of benzene rings is 1. The topological polar surface area (TPSA) is 110 Å². The van der Waals surface area contributed by atoms with Crippen LogP contribution in [-0.2, 0) is 29.1 Å². The maximum atomic E-state index is 13.3. The summed E-state index contributed by atoms with van der Waals surface area (Å²) in [5.41, 5.74) is 5.44. The number of anilines is 2. The molecule has 10 nitrogen and oxygen atoms in total. The Morgan fingerprint density at radius 3 is 2.70 bits per heavy atom. The van der Waals surface area contributed by atoms with Crippen LogP contribution in [0.4, 0.5) is 17.5 Å². The van der Waals surface area contributed by atoms with E-state index in [9.17, 15) is 9.00 Å². The highest BCUT2D eigenvalue weighted by Crippen LogP contribution is 2.46. The monoisotopic (exact) mass is 558 g/mol. The fourth-order valence-electron chi connectivity index (χ4n) is 5.49. The van der Waals surface area contributed by atoms with E-state index in [1.807, 2.05) is 0 Å². The molecule has 0 bridgehead atoms. The molecular weight excluding hydrogens is 524 g/mol. The highest BCUT2D eigenvalue weighted by atomic mass is 32.2. The van der Waals surface area contributed by atoms with E-state index in [2.05, 4.69) is 57.4 Å². The van der Waals surface area contributed by atoms with Gasteiger partial charge in [-0.05, 0) is 86.7 Å². The zero-order valence-corrected chi connectivity index (χ0v) is 24.1. The van der Waals surface area contributed by atoms with Gasteiger partial charge in [-0.15, -0.1) is 6.58 Å². The number of nitrogens with zero attached hydrogens (tertiary/aromatic N) is 7. The molecule has 208 valence electrons. The second-order valence-electron chi connectivity index (χ2n) is 11.2. The Bertz CT molecular complexity index is 1820. The molecule has 2 aliphatic rings. The van der Waals surface area contributed by atoms with Crippen LogP contribution in [0.25, 0.3) is 16.9 Å². The van der Waals surface area contributed by atoms with Crippen LogP contribution in [0.5, 0.6) is 0 Å². The number of hydrogen-bond donors (Lipinski definition) is 1. The lowest BCUT2D eigenvalue weighted by atomic mass is 9.98. The molecule has 6 rings (SSSR count). The molecule has 3 heterocycles. The van der Waals surface area contributed by atoms with Crippen molar-refractivity contribution in [2.75, 3.05) is 31.9 Å². The Morgan fingerprint density at radius 1 is 1.20 bits per heavy atom. The van der Waals surface area contributed by atoms with Crippen LogP contribution in [0.15, 0.2) is 58.3 Å². The second kappa shape index (κ2) is 9.97. The van der Waals surface area contributed by atoms with Crippen LogP contribution in [0.1, 0.15) is 35.4 Å². The lowest BCUT2D eigenvalue weighted by Crippen LogP contribution is -2.28. The maximum absolute atomic E-state index is 13.3. The van der Waals surface area contributed by atoms with Gasteiger partial charge in [0, 0.05) is 40.2 Å². The molecule has 1 atom stereocenters. The molecule has 4 aromatic rings. The third-order valence-electron chi connectivity index (χ3n) is 7.50. The van der Waals surface area contributed by atoms with Gasteiger partial charge in [0.1, 0.15) is 5.39 Å². The predicted molar refractivity (Wildman–Crippen MR) is 160 cm³/mol. The van der Waals surface area contributed by atoms with Crippen LogP contribution < -0.4 is 10.9 Å². The van der Waals surface area contributed by atoms with Crippen molar-refractivity contribution in [3.05, 3.63) is 76.2 Å². The largest absolute Gasteiger partial charge is 0.324 e. The molecule has 1 unspecified atom stereocenters. The van der Waals surface area contributed by atoms with Gasteiger partial charge < -0.3 is 10.2 Å². The third kappa shape index (κ3) is 5.06. The molecule has 0 radical (unpaired) electrons. The van der Waals surface area contributed by atoms with Crippen LogP contribution in [0, 0.1) is 0 Å². The summed E-state index contributed by atoms with van der Waals surface area (Å²) < 4.78 is 19.7. The molecule has 0 saturated heterocycles. The normalized spacial score (nSPS) is 16.9.